The van der Waals surface area contributed by atoms with Crippen molar-refractivity contribution in [3.63, 3.8) is 0 Å². The molecule has 0 aromatic carbocycles. The minimum Gasteiger partial charge on any atom is -0.0502 e. The van der Waals surface area contributed by atoms with Crippen molar-refractivity contribution in [3.8, 4) is 0 Å². The molecule has 0 radical (unpaired) electrons. The first-order valence-corrected chi connectivity index (χ1v) is 7.90. The summed E-state index contributed by atoms with van der Waals surface area (Å²) < 4.78 is 0. The van der Waals surface area contributed by atoms with Crippen molar-refractivity contribution in [2.45, 2.75) is 64.2 Å². The molecule has 0 saturated heterocycles. The van der Waals surface area contributed by atoms with Gasteiger partial charge in [-0.1, -0.05) is 25.7 Å². The Kier molecular flexibility index (Phi) is 2.34. The lowest BCUT2D eigenvalue weighted by Gasteiger charge is -2.40. The van der Waals surface area contributed by atoms with E-state index in [-0.39, 0.29) is 0 Å². The standard InChI is InChI=1S/C16H26/c1-5-13-9-11(1)3-7-15(13)16-8-4-12-2-6-14(16)10-12/h11-16H,1-10H2. The van der Waals surface area contributed by atoms with Gasteiger partial charge in [0, 0.05) is 0 Å². The second-order valence-electron chi connectivity index (χ2n) is 7.36. The zero-order valence-electron chi connectivity index (χ0n) is 10.5. The Balaban J connectivity index is 1.52. The van der Waals surface area contributed by atoms with Crippen LogP contribution in [0.15, 0.2) is 0 Å². The van der Waals surface area contributed by atoms with Crippen LogP contribution in [-0.4, -0.2) is 0 Å². The van der Waals surface area contributed by atoms with Crippen LogP contribution >= 0.6 is 0 Å². The number of hydrogen-bond donors (Lipinski definition) is 0. The molecule has 16 heavy (non-hydrogen) atoms. The van der Waals surface area contributed by atoms with Crippen molar-refractivity contribution in [1.29, 1.82) is 0 Å². The zero-order valence-corrected chi connectivity index (χ0v) is 10.5. The van der Waals surface area contributed by atoms with Gasteiger partial charge in [0.15, 0.2) is 0 Å². The molecule has 0 aromatic heterocycles. The van der Waals surface area contributed by atoms with E-state index in [0.29, 0.717) is 0 Å². The zero-order chi connectivity index (χ0) is 10.5. The lowest BCUT2D eigenvalue weighted by molar-refractivity contribution is 0.0930. The molecule has 90 valence electrons. The molecule has 0 heterocycles. The van der Waals surface area contributed by atoms with Gasteiger partial charge in [0.2, 0.25) is 0 Å². The molecule has 0 spiro atoms. The molecule has 0 amide bonds. The first-order valence-electron chi connectivity index (χ1n) is 7.90. The first kappa shape index (κ1) is 9.97. The number of fused-ring (bicyclic) bond motifs is 4. The summed E-state index contributed by atoms with van der Waals surface area (Å²) in [7, 11) is 0. The summed E-state index contributed by atoms with van der Waals surface area (Å²) in [5.74, 6) is 6.98. The van der Waals surface area contributed by atoms with Gasteiger partial charge in [0.1, 0.15) is 0 Å². The van der Waals surface area contributed by atoms with Gasteiger partial charge in [-0.15, -0.1) is 0 Å². The smallest absolute Gasteiger partial charge is 0.0355 e. The predicted molar refractivity (Wildman–Crippen MR) is 67.1 cm³/mol. The highest BCUT2D eigenvalue weighted by molar-refractivity contribution is 4.95. The van der Waals surface area contributed by atoms with Crippen LogP contribution in [-0.2, 0) is 0 Å². The summed E-state index contributed by atoms with van der Waals surface area (Å²) in [6.07, 6.45) is 16.0. The molecule has 4 fully saturated rings. The third-order valence-electron chi connectivity index (χ3n) is 6.74. The molecule has 6 atom stereocenters. The Labute approximate surface area is 100 Å². The van der Waals surface area contributed by atoms with Crippen LogP contribution < -0.4 is 0 Å². The van der Waals surface area contributed by atoms with Crippen LogP contribution in [0.2, 0.25) is 0 Å². The monoisotopic (exact) mass is 218 g/mol. The van der Waals surface area contributed by atoms with E-state index in [1.807, 2.05) is 0 Å². The van der Waals surface area contributed by atoms with Crippen molar-refractivity contribution in [1.82, 2.24) is 0 Å². The summed E-state index contributed by atoms with van der Waals surface area (Å²) in [6.45, 7) is 0. The molecule has 4 bridgehead atoms. The summed E-state index contributed by atoms with van der Waals surface area (Å²) in [5, 5.41) is 0. The minimum absolute atomic E-state index is 1.15. The van der Waals surface area contributed by atoms with Crippen LogP contribution in [0.5, 0.6) is 0 Å². The van der Waals surface area contributed by atoms with Gasteiger partial charge in [-0.25, -0.2) is 0 Å². The van der Waals surface area contributed by atoms with E-state index < -0.39 is 0 Å². The fourth-order valence-corrected chi connectivity index (χ4v) is 5.98. The van der Waals surface area contributed by atoms with Gasteiger partial charge in [-0.2, -0.15) is 0 Å². The fourth-order valence-electron chi connectivity index (χ4n) is 5.98. The van der Waals surface area contributed by atoms with Crippen molar-refractivity contribution in [3.05, 3.63) is 0 Å². The average molecular weight is 218 g/mol. The summed E-state index contributed by atoms with van der Waals surface area (Å²) in [5.41, 5.74) is 0. The highest BCUT2D eigenvalue weighted by Gasteiger charge is 2.45. The Hall–Kier alpha value is 0. The SMILES string of the molecule is C1CC2CC1CCC2C1CCC2CCC1C2. The van der Waals surface area contributed by atoms with E-state index in [9.17, 15) is 0 Å². The highest BCUT2D eigenvalue weighted by atomic mass is 14.5. The minimum atomic E-state index is 1.15. The van der Waals surface area contributed by atoms with Crippen LogP contribution in [0.1, 0.15) is 64.2 Å². The third-order valence-corrected chi connectivity index (χ3v) is 6.74. The quantitative estimate of drug-likeness (QED) is 0.601. The van der Waals surface area contributed by atoms with Crippen LogP contribution in [0, 0.1) is 35.5 Å². The van der Waals surface area contributed by atoms with Gasteiger partial charge < -0.3 is 0 Å². The number of hydrogen-bond acceptors (Lipinski definition) is 0. The lowest BCUT2D eigenvalue weighted by Crippen LogP contribution is -2.32. The Morgan fingerprint density at radius 1 is 0.438 bits per heavy atom. The maximum Gasteiger partial charge on any atom is -0.0355 e. The summed E-state index contributed by atoms with van der Waals surface area (Å²) in [4.78, 5) is 0. The van der Waals surface area contributed by atoms with Crippen molar-refractivity contribution in [2.24, 2.45) is 35.5 Å². The maximum absolute atomic E-state index is 1.62. The molecular weight excluding hydrogens is 192 g/mol. The molecule has 0 aliphatic heterocycles. The molecule has 0 aromatic rings. The third kappa shape index (κ3) is 1.48. The largest absolute Gasteiger partial charge is 0.0502 e. The predicted octanol–water partition coefficient (Wildman–Crippen LogP) is 4.64. The molecular formula is C16H26. The molecule has 4 saturated carbocycles. The molecule has 4 aliphatic carbocycles. The van der Waals surface area contributed by atoms with Crippen molar-refractivity contribution >= 4 is 0 Å². The van der Waals surface area contributed by atoms with Crippen LogP contribution in [0.25, 0.3) is 0 Å². The van der Waals surface area contributed by atoms with Crippen LogP contribution in [0.4, 0.5) is 0 Å². The molecule has 6 unspecified atom stereocenters. The fraction of sp³-hybridized carbons (Fsp3) is 1.00. The first-order chi connectivity index (χ1) is 7.90. The highest BCUT2D eigenvalue weighted by Crippen LogP contribution is 2.55. The van der Waals surface area contributed by atoms with E-state index >= 15 is 0 Å². The summed E-state index contributed by atoms with van der Waals surface area (Å²) in [6, 6.07) is 0. The Bertz CT molecular complexity index is 241. The molecule has 4 rings (SSSR count). The van der Waals surface area contributed by atoms with Crippen LogP contribution in [0.3, 0.4) is 0 Å². The van der Waals surface area contributed by atoms with Gasteiger partial charge in [0.25, 0.3) is 0 Å². The molecule has 0 nitrogen and oxygen atoms in total. The Morgan fingerprint density at radius 3 is 1.38 bits per heavy atom. The summed E-state index contributed by atoms with van der Waals surface area (Å²) >= 11 is 0. The lowest BCUT2D eigenvalue weighted by atomic mass is 9.65. The van der Waals surface area contributed by atoms with Gasteiger partial charge in [0.05, 0.1) is 0 Å². The normalized spacial score (nSPS) is 55.5. The van der Waals surface area contributed by atoms with Gasteiger partial charge >= 0.3 is 0 Å². The van der Waals surface area contributed by atoms with E-state index in [0.717, 1.165) is 11.8 Å². The van der Waals surface area contributed by atoms with E-state index in [1.165, 1.54) is 23.7 Å². The Morgan fingerprint density at radius 2 is 0.875 bits per heavy atom. The molecule has 0 heteroatoms. The molecule has 0 N–H and O–H groups in total. The van der Waals surface area contributed by atoms with Crippen molar-refractivity contribution in [2.75, 3.05) is 0 Å². The topological polar surface area (TPSA) is 0 Å². The van der Waals surface area contributed by atoms with Gasteiger partial charge in [-0.3, -0.25) is 0 Å². The molecule has 4 aliphatic rings. The van der Waals surface area contributed by atoms with Gasteiger partial charge in [-0.05, 0) is 74.0 Å². The maximum atomic E-state index is 1.62. The van der Waals surface area contributed by atoms with Crippen molar-refractivity contribution < 1.29 is 0 Å². The van der Waals surface area contributed by atoms with E-state index in [4.69, 9.17) is 0 Å². The second kappa shape index (κ2) is 3.75. The average Bonchev–Trinajstić information content (AvgIpc) is 2.86. The van der Waals surface area contributed by atoms with E-state index in [2.05, 4.69) is 0 Å². The van der Waals surface area contributed by atoms with E-state index in [1.54, 1.807) is 64.2 Å². The second-order valence-corrected chi connectivity index (χ2v) is 7.36. The number of rotatable bonds is 1.